The number of aliphatic hydroxyl groups excluding tert-OH is 1. The molecule has 1 saturated heterocycles. The molecule has 1 aromatic heterocycles. The highest BCUT2D eigenvalue weighted by Crippen LogP contribution is 2.16. The van der Waals surface area contributed by atoms with Crippen molar-refractivity contribution in [3.8, 4) is 0 Å². The van der Waals surface area contributed by atoms with E-state index in [2.05, 4.69) is 21.2 Å². The molecule has 104 valence electrons. The number of rotatable bonds is 4. The first-order valence-corrected chi connectivity index (χ1v) is 6.85. The molecule has 7 heteroatoms. The molecule has 2 N–H and O–H groups in total. The minimum Gasteiger partial charge on any atom is -0.444 e. The Morgan fingerprint density at radius 1 is 1.53 bits per heavy atom. The fourth-order valence-corrected chi connectivity index (χ4v) is 2.44. The first-order chi connectivity index (χ1) is 9.11. The molecule has 2 rings (SSSR count). The summed E-state index contributed by atoms with van der Waals surface area (Å²) in [6, 6.07) is 3.01. The number of furan rings is 1. The highest BCUT2D eigenvalue weighted by atomic mass is 79.9. The fourth-order valence-electron chi connectivity index (χ4n) is 2.13. The minimum absolute atomic E-state index is 0.0369. The summed E-state index contributed by atoms with van der Waals surface area (Å²) in [5, 5.41) is 11.6. The van der Waals surface area contributed by atoms with Crippen LogP contribution in [0.5, 0.6) is 0 Å². The second kappa shape index (κ2) is 6.21. The number of halogens is 1. The Labute approximate surface area is 118 Å². The standard InChI is InChI=1S/C12H15BrN2O4/c13-10-4-3-9(19-10)12(18)14-6-11(17)15-5-1-2-8(15)7-16/h3-4,8,16H,1-2,5-7H2,(H,14,18). The predicted molar refractivity (Wildman–Crippen MR) is 70.6 cm³/mol. The summed E-state index contributed by atoms with van der Waals surface area (Å²) < 4.78 is 5.55. The summed E-state index contributed by atoms with van der Waals surface area (Å²) in [5.41, 5.74) is 0. The zero-order valence-corrected chi connectivity index (χ0v) is 11.9. The van der Waals surface area contributed by atoms with Crippen LogP contribution in [0.25, 0.3) is 0 Å². The normalized spacial score (nSPS) is 18.6. The van der Waals surface area contributed by atoms with Crippen molar-refractivity contribution in [2.24, 2.45) is 0 Å². The van der Waals surface area contributed by atoms with Crippen molar-refractivity contribution in [3.05, 3.63) is 22.6 Å². The average Bonchev–Trinajstić information content (AvgIpc) is 3.03. The van der Waals surface area contributed by atoms with E-state index in [1.165, 1.54) is 6.07 Å². The van der Waals surface area contributed by atoms with Gasteiger partial charge in [0.2, 0.25) is 5.91 Å². The number of carbonyl (C=O) groups is 2. The van der Waals surface area contributed by atoms with Crippen molar-refractivity contribution in [1.82, 2.24) is 10.2 Å². The molecule has 1 fully saturated rings. The Morgan fingerprint density at radius 2 is 2.32 bits per heavy atom. The molecule has 1 aliphatic rings. The van der Waals surface area contributed by atoms with Gasteiger partial charge in [0.15, 0.2) is 10.4 Å². The summed E-state index contributed by atoms with van der Waals surface area (Å²) in [6.07, 6.45) is 1.69. The zero-order chi connectivity index (χ0) is 13.8. The lowest BCUT2D eigenvalue weighted by Crippen LogP contribution is -2.43. The summed E-state index contributed by atoms with van der Waals surface area (Å²) >= 11 is 3.10. The van der Waals surface area contributed by atoms with Crippen LogP contribution in [0.2, 0.25) is 0 Å². The van der Waals surface area contributed by atoms with Crippen LogP contribution < -0.4 is 5.32 Å². The number of nitrogens with one attached hydrogen (secondary N) is 1. The number of carbonyl (C=O) groups excluding carboxylic acids is 2. The molecule has 6 nitrogen and oxygen atoms in total. The maximum absolute atomic E-state index is 11.9. The molecule has 19 heavy (non-hydrogen) atoms. The van der Waals surface area contributed by atoms with Crippen LogP contribution >= 0.6 is 15.9 Å². The van der Waals surface area contributed by atoms with Crippen LogP contribution in [-0.2, 0) is 4.79 Å². The van der Waals surface area contributed by atoms with E-state index in [1.807, 2.05) is 0 Å². The van der Waals surface area contributed by atoms with Crippen LogP contribution in [0.1, 0.15) is 23.4 Å². The van der Waals surface area contributed by atoms with E-state index in [1.54, 1.807) is 11.0 Å². The lowest BCUT2D eigenvalue weighted by atomic mass is 10.2. The smallest absolute Gasteiger partial charge is 0.287 e. The number of nitrogens with zero attached hydrogens (tertiary/aromatic N) is 1. The molecule has 0 saturated carbocycles. The molecule has 0 aliphatic carbocycles. The predicted octanol–water partition coefficient (Wildman–Crippen LogP) is 0.755. The van der Waals surface area contributed by atoms with Gasteiger partial charge in [0.1, 0.15) is 0 Å². The number of aliphatic hydroxyl groups is 1. The number of hydrogen-bond donors (Lipinski definition) is 2. The Balaban J connectivity index is 1.85. The van der Waals surface area contributed by atoms with Crippen LogP contribution in [0.3, 0.4) is 0 Å². The van der Waals surface area contributed by atoms with Gasteiger partial charge in [-0.15, -0.1) is 0 Å². The Hall–Kier alpha value is -1.34. The van der Waals surface area contributed by atoms with E-state index < -0.39 is 5.91 Å². The van der Waals surface area contributed by atoms with Crippen molar-refractivity contribution in [1.29, 1.82) is 0 Å². The molecule has 1 atom stereocenters. The van der Waals surface area contributed by atoms with E-state index in [0.717, 1.165) is 12.8 Å². The minimum atomic E-state index is -0.432. The van der Waals surface area contributed by atoms with Crippen LogP contribution in [0.15, 0.2) is 21.2 Å². The topological polar surface area (TPSA) is 82.8 Å². The van der Waals surface area contributed by atoms with E-state index in [-0.39, 0.29) is 30.9 Å². The van der Waals surface area contributed by atoms with E-state index in [0.29, 0.717) is 11.2 Å². The van der Waals surface area contributed by atoms with Crippen molar-refractivity contribution < 1.29 is 19.1 Å². The van der Waals surface area contributed by atoms with Gasteiger partial charge in [-0.2, -0.15) is 0 Å². The van der Waals surface area contributed by atoms with Crippen molar-refractivity contribution in [3.63, 3.8) is 0 Å². The lowest BCUT2D eigenvalue weighted by Gasteiger charge is -2.22. The second-order valence-electron chi connectivity index (χ2n) is 4.35. The van der Waals surface area contributed by atoms with Gasteiger partial charge in [0.25, 0.3) is 5.91 Å². The first kappa shape index (κ1) is 14.1. The van der Waals surface area contributed by atoms with Crippen molar-refractivity contribution >= 4 is 27.7 Å². The van der Waals surface area contributed by atoms with Gasteiger partial charge in [-0.3, -0.25) is 9.59 Å². The van der Waals surface area contributed by atoms with Gasteiger partial charge in [0.05, 0.1) is 19.2 Å². The highest BCUT2D eigenvalue weighted by Gasteiger charge is 2.28. The van der Waals surface area contributed by atoms with Gasteiger partial charge in [0, 0.05) is 6.54 Å². The quantitative estimate of drug-likeness (QED) is 0.853. The maximum atomic E-state index is 11.9. The SMILES string of the molecule is O=C(NCC(=O)N1CCCC1CO)c1ccc(Br)o1. The average molecular weight is 331 g/mol. The summed E-state index contributed by atoms with van der Waals surface area (Å²) in [6.45, 7) is 0.505. The summed E-state index contributed by atoms with van der Waals surface area (Å²) in [7, 11) is 0. The highest BCUT2D eigenvalue weighted by molar-refractivity contribution is 9.10. The third-order valence-corrected chi connectivity index (χ3v) is 3.53. The zero-order valence-electron chi connectivity index (χ0n) is 10.3. The maximum Gasteiger partial charge on any atom is 0.287 e. The van der Waals surface area contributed by atoms with Crippen molar-refractivity contribution in [2.75, 3.05) is 19.7 Å². The molecular formula is C12H15BrN2O4. The lowest BCUT2D eigenvalue weighted by molar-refractivity contribution is -0.131. The van der Waals surface area contributed by atoms with Gasteiger partial charge in [-0.1, -0.05) is 0 Å². The number of hydrogen-bond acceptors (Lipinski definition) is 4. The first-order valence-electron chi connectivity index (χ1n) is 6.05. The molecule has 2 amide bonds. The molecule has 2 heterocycles. The van der Waals surface area contributed by atoms with Gasteiger partial charge in [-0.25, -0.2) is 0 Å². The summed E-state index contributed by atoms with van der Waals surface area (Å²) in [5.74, 6) is -0.464. The van der Waals surface area contributed by atoms with Crippen molar-refractivity contribution in [2.45, 2.75) is 18.9 Å². The molecule has 0 bridgehead atoms. The largest absolute Gasteiger partial charge is 0.444 e. The monoisotopic (exact) mass is 330 g/mol. The molecule has 0 radical (unpaired) electrons. The Morgan fingerprint density at radius 3 is 2.95 bits per heavy atom. The third-order valence-electron chi connectivity index (χ3n) is 3.11. The van der Waals surface area contributed by atoms with Gasteiger partial charge >= 0.3 is 0 Å². The molecule has 0 spiro atoms. The van der Waals surface area contributed by atoms with E-state index in [9.17, 15) is 9.59 Å². The Bertz CT molecular complexity index is 474. The fraction of sp³-hybridized carbons (Fsp3) is 0.500. The molecule has 1 unspecified atom stereocenters. The van der Waals surface area contributed by atoms with E-state index >= 15 is 0 Å². The second-order valence-corrected chi connectivity index (χ2v) is 5.13. The van der Waals surface area contributed by atoms with Gasteiger partial charge < -0.3 is 19.7 Å². The molecule has 1 aromatic rings. The van der Waals surface area contributed by atoms with Crippen LogP contribution in [-0.4, -0.2) is 47.6 Å². The summed E-state index contributed by atoms with van der Waals surface area (Å²) in [4.78, 5) is 25.2. The molecule has 1 aliphatic heterocycles. The number of amides is 2. The third kappa shape index (κ3) is 3.36. The molecular weight excluding hydrogens is 316 g/mol. The van der Waals surface area contributed by atoms with Gasteiger partial charge in [-0.05, 0) is 40.9 Å². The van der Waals surface area contributed by atoms with Crippen LogP contribution in [0, 0.1) is 0 Å². The number of likely N-dealkylation sites (tertiary alicyclic amines) is 1. The Kier molecular flexibility index (Phi) is 4.60. The van der Waals surface area contributed by atoms with E-state index in [4.69, 9.17) is 9.52 Å². The molecule has 0 aromatic carbocycles. The van der Waals surface area contributed by atoms with Crippen LogP contribution in [0.4, 0.5) is 0 Å².